The number of aliphatic hydroxyl groups excluding tert-OH is 2. The average molecular weight is 417 g/mol. The van der Waals surface area contributed by atoms with E-state index in [0.29, 0.717) is 17.8 Å². The maximum absolute atomic E-state index is 11.5. The number of ether oxygens (including phenoxy) is 1. The molecule has 5 rings (SSSR count). The Morgan fingerprint density at radius 3 is 2.53 bits per heavy atom. The van der Waals surface area contributed by atoms with E-state index in [2.05, 4.69) is 34.6 Å². The number of hydrogen-bond donors (Lipinski definition) is 2. The van der Waals surface area contributed by atoms with Crippen molar-refractivity contribution in [3.05, 3.63) is 11.1 Å². The lowest BCUT2D eigenvalue weighted by Crippen LogP contribution is -2.55. The first-order valence-electron chi connectivity index (χ1n) is 12.9. The lowest BCUT2D eigenvalue weighted by Gasteiger charge is -2.54. The Labute approximate surface area is 183 Å². The van der Waals surface area contributed by atoms with E-state index in [0.717, 1.165) is 37.0 Å². The van der Waals surface area contributed by atoms with Crippen LogP contribution in [0.5, 0.6) is 0 Å². The topological polar surface area (TPSA) is 53.0 Å². The Hall–Kier alpha value is -0.380. The molecule has 1 saturated heterocycles. The second-order valence-electron chi connectivity index (χ2n) is 12.6. The van der Waals surface area contributed by atoms with Crippen molar-refractivity contribution < 1.29 is 14.9 Å². The first-order valence-corrected chi connectivity index (χ1v) is 12.9. The van der Waals surface area contributed by atoms with Gasteiger partial charge in [-0.1, -0.05) is 59.5 Å². The minimum Gasteiger partial charge on any atom is -0.393 e. The summed E-state index contributed by atoms with van der Waals surface area (Å²) >= 11 is 0. The summed E-state index contributed by atoms with van der Waals surface area (Å²) < 4.78 is 6.33. The van der Waals surface area contributed by atoms with E-state index >= 15 is 0 Å². The number of rotatable bonds is 5. The fraction of sp³-hybridized carbons (Fsp3) is 0.926. The molecule has 170 valence electrons. The highest BCUT2D eigenvalue weighted by atomic mass is 16.6. The van der Waals surface area contributed by atoms with Crippen LogP contribution >= 0.6 is 0 Å². The van der Waals surface area contributed by atoms with Crippen LogP contribution in [-0.4, -0.2) is 34.1 Å². The summed E-state index contributed by atoms with van der Waals surface area (Å²) in [5.41, 5.74) is 2.98. The van der Waals surface area contributed by atoms with Gasteiger partial charge in [-0.3, -0.25) is 0 Å². The Kier molecular flexibility index (Phi) is 5.05. The van der Waals surface area contributed by atoms with Crippen LogP contribution in [0, 0.1) is 34.5 Å². The molecule has 0 bridgehead atoms. The largest absolute Gasteiger partial charge is 0.393 e. The SMILES string of the molecule is CC(C)CCCC(C)[C@H]1CCC2C3=C(CC[C@@]21C)[C@@]1(C)CC[C@H](O)C[C@@]12O[C@H]2[C@H]3O. The van der Waals surface area contributed by atoms with Crippen molar-refractivity contribution in [3.8, 4) is 0 Å². The van der Waals surface area contributed by atoms with Crippen molar-refractivity contribution in [2.75, 3.05) is 0 Å². The standard InChI is InChI=1S/C27H44O3/c1-16(2)7-6-8-17(3)19-9-10-20-22-21(12-13-25(19,20)4)26(5)14-11-18(28)15-27(26)24(30-27)23(22)29/h16-20,23-24,28-29H,6-15H2,1-5H3/t17?,18-,19+,20?,23-,24-,25+,26+,27-/m0/s1. The molecule has 9 atom stereocenters. The molecule has 30 heavy (non-hydrogen) atoms. The lowest BCUT2D eigenvalue weighted by atomic mass is 9.49. The maximum Gasteiger partial charge on any atom is 0.118 e. The van der Waals surface area contributed by atoms with Gasteiger partial charge in [-0.2, -0.15) is 0 Å². The summed E-state index contributed by atoms with van der Waals surface area (Å²) in [5, 5.41) is 21.8. The minimum atomic E-state index is -0.446. The first kappa shape index (κ1) is 21.5. The Morgan fingerprint density at radius 2 is 1.80 bits per heavy atom. The Balaban J connectivity index is 1.42. The normalized spacial score (nSPS) is 50.6. The van der Waals surface area contributed by atoms with Gasteiger partial charge in [0, 0.05) is 11.8 Å². The molecule has 4 aliphatic carbocycles. The lowest BCUT2D eigenvalue weighted by molar-refractivity contribution is -0.00158. The predicted molar refractivity (Wildman–Crippen MR) is 120 cm³/mol. The van der Waals surface area contributed by atoms with Crippen molar-refractivity contribution in [1.82, 2.24) is 0 Å². The molecular weight excluding hydrogens is 372 g/mol. The van der Waals surface area contributed by atoms with E-state index in [1.165, 1.54) is 49.7 Å². The van der Waals surface area contributed by atoms with Gasteiger partial charge in [-0.05, 0) is 73.2 Å². The van der Waals surface area contributed by atoms with Gasteiger partial charge in [-0.15, -0.1) is 0 Å². The van der Waals surface area contributed by atoms with Gasteiger partial charge < -0.3 is 14.9 Å². The number of epoxide rings is 1. The third-order valence-electron chi connectivity index (χ3n) is 10.6. The van der Waals surface area contributed by atoms with Crippen LogP contribution in [0.2, 0.25) is 0 Å². The third-order valence-corrected chi connectivity index (χ3v) is 10.6. The minimum absolute atomic E-state index is 0.0216. The van der Waals surface area contributed by atoms with Crippen LogP contribution < -0.4 is 0 Å². The second kappa shape index (κ2) is 7.06. The van der Waals surface area contributed by atoms with Crippen molar-refractivity contribution >= 4 is 0 Å². The molecule has 3 heteroatoms. The zero-order valence-electron chi connectivity index (χ0n) is 19.9. The van der Waals surface area contributed by atoms with Gasteiger partial charge in [0.25, 0.3) is 0 Å². The highest BCUT2D eigenvalue weighted by Crippen LogP contribution is 2.72. The first-order chi connectivity index (χ1) is 14.1. The van der Waals surface area contributed by atoms with Crippen molar-refractivity contribution in [3.63, 3.8) is 0 Å². The molecule has 0 amide bonds. The summed E-state index contributed by atoms with van der Waals surface area (Å²) in [5.74, 6) is 2.89. The van der Waals surface area contributed by atoms with Gasteiger partial charge in [0.2, 0.25) is 0 Å². The molecule has 1 heterocycles. The maximum atomic E-state index is 11.5. The van der Waals surface area contributed by atoms with Crippen LogP contribution in [0.4, 0.5) is 0 Å². The van der Waals surface area contributed by atoms with E-state index in [9.17, 15) is 10.2 Å². The fourth-order valence-electron chi connectivity index (χ4n) is 8.88. The van der Waals surface area contributed by atoms with Crippen molar-refractivity contribution in [2.45, 2.75) is 123 Å². The number of hydrogen-bond acceptors (Lipinski definition) is 3. The molecule has 3 nitrogen and oxygen atoms in total. The molecule has 0 aromatic carbocycles. The van der Waals surface area contributed by atoms with Gasteiger partial charge >= 0.3 is 0 Å². The fourth-order valence-corrected chi connectivity index (χ4v) is 8.88. The summed E-state index contributed by atoms with van der Waals surface area (Å²) in [6.07, 6.45) is 10.8. The summed E-state index contributed by atoms with van der Waals surface area (Å²) in [7, 11) is 0. The van der Waals surface area contributed by atoms with Crippen LogP contribution in [0.1, 0.15) is 98.8 Å². The van der Waals surface area contributed by atoms with E-state index in [1.54, 1.807) is 0 Å². The smallest absolute Gasteiger partial charge is 0.118 e. The molecule has 0 aromatic rings. The van der Waals surface area contributed by atoms with Gasteiger partial charge in [0.05, 0.1) is 6.10 Å². The molecule has 0 aromatic heterocycles. The molecule has 3 fully saturated rings. The molecule has 2 unspecified atom stereocenters. The quantitative estimate of drug-likeness (QED) is 0.451. The van der Waals surface area contributed by atoms with E-state index in [4.69, 9.17) is 4.74 Å². The van der Waals surface area contributed by atoms with Gasteiger partial charge in [0.1, 0.15) is 17.8 Å². The van der Waals surface area contributed by atoms with Crippen molar-refractivity contribution in [1.29, 1.82) is 0 Å². The van der Waals surface area contributed by atoms with E-state index in [1.807, 2.05) is 0 Å². The molecular formula is C27H44O3. The van der Waals surface area contributed by atoms with Gasteiger partial charge in [-0.25, -0.2) is 0 Å². The summed E-state index contributed by atoms with van der Waals surface area (Å²) in [4.78, 5) is 0. The van der Waals surface area contributed by atoms with E-state index < -0.39 is 6.10 Å². The predicted octanol–water partition coefficient (Wildman–Crippen LogP) is 5.63. The van der Waals surface area contributed by atoms with Crippen LogP contribution in [0.25, 0.3) is 0 Å². The summed E-state index contributed by atoms with van der Waals surface area (Å²) in [6.45, 7) is 12.1. The highest BCUT2D eigenvalue weighted by molar-refractivity contribution is 5.45. The zero-order chi connectivity index (χ0) is 21.5. The highest BCUT2D eigenvalue weighted by Gasteiger charge is 2.76. The molecule has 1 spiro atoms. The molecule has 1 aliphatic heterocycles. The average Bonchev–Trinajstić information content (AvgIpc) is 3.29. The molecule has 0 radical (unpaired) electrons. The summed E-state index contributed by atoms with van der Waals surface area (Å²) in [6, 6.07) is 0. The number of aliphatic hydroxyl groups is 2. The van der Waals surface area contributed by atoms with Gasteiger partial charge in [0.15, 0.2) is 0 Å². The van der Waals surface area contributed by atoms with E-state index in [-0.39, 0.29) is 23.2 Å². The van der Waals surface area contributed by atoms with Crippen LogP contribution in [0.15, 0.2) is 11.1 Å². The zero-order valence-corrected chi connectivity index (χ0v) is 19.9. The molecule has 2 N–H and O–H groups in total. The monoisotopic (exact) mass is 416 g/mol. The third kappa shape index (κ3) is 2.80. The Morgan fingerprint density at radius 1 is 1.03 bits per heavy atom. The Bertz CT molecular complexity index is 728. The van der Waals surface area contributed by atoms with Crippen molar-refractivity contribution in [2.24, 2.45) is 34.5 Å². The number of fused-ring (bicyclic) bond motifs is 3. The van der Waals surface area contributed by atoms with Crippen LogP contribution in [-0.2, 0) is 4.74 Å². The molecule has 2 saturated carbocycles. The molecule has 5 aliphatic rings. The second-order valence-corrected chi connectivity index (χ2v) is 12.6. The van der Waals surface area contributed by atoms with Crippen LogP contribution in [0.3, 0.4) is 0 Å².